The van der Waals surface area contributed by atoms with E-state index in [-0.39, 0.29) is 6.04 Å². The summed E-state index contributed by atoms with van der Waals surface area (Å²) in [4.78, 5) is 0.366. The highest BCUT2D eigenvalue weighted by molar-refractivity contribution is 7.90. The van der Waals surface area contributed by atoms with Crippen molar-refractivity contribution < 1.29 is 8.42 Å². The maximum atomic E-state index is 12.4. The molecule has 1 unspecified atom stereocenters. The van der Waals surface area contributed by atoms with Crippen LogP contribution in [0, 0.1) is 0 Å². The molecule has 0 aliphatic rings. The lowest BCUT2D eigenvalue weighted by Gasteiger charge is -2.23. The monoisotopic (exact) mass is 407 g/mol. The van der Waals surface area contributed by atoms with Gasteiger partial charge in [-0.25, -0.2) is 8.42 Å². The van der Waals surface area contributed by atoms with E-state index in [2.05, 4.69) is 30.4 Å². The van der Waals surface area contributed by atoms with E-state index in [4.69, 9.17) is 0 Å². The highest BCUT2D eigenvalue weighted by Gasteiger charge is 2.21. The fourth-order valence-corrected chi connectivity index (χ4v) is 4.58. The van der Waals surface area contributed by atoms with Crippen LogP contribution >= 0.6 is 0 Å². The molecule has 0 radical (unpaired) electrons. The molecule has 1 N–H and O–H groups in total. The first-order valence-electron chi connectivity index (χ1n) is 10.2. The molecule has 1 atom stereocenters. The van der Waals surface area contributed by atoms with Gasteiger partial charge in [-0.1, -0.05) is 92.6 Å². The Balaban J connectivity index is 2.10. The average Bonchev–Trinajstić information content (AvgIpc) is 2.74. The van der Waals surface area contributed by atoms with E-state index < -0.39 is 9.84 Å². The summed E-state index contributed by atoms with van der Waals surface area (Å²) in [7, 11) is -3.33. The quantitative estimate of drug-likeness (QED) is 0.468. The Morgan fingerprint density at radius 1 is 0.793 bits per heavy atom. The summed E-state index contributed by atoms with van der Waals surface area (Å²) in [6, 6.07) is 25.7. The third-order valence-corrected chi connectivity index (χ3v) is 6.27. The topological polar surface area (TPSA) is 46.2 Å². The minimum absolute atomic E-state index is 0.00290. The zero-order valence-electron chi connectivity index (χ0n) is 17.1. The van der Waals surface area contributed by atoms with Crippen LogP contribution in [0.1, 0.15) is 43.4 Å². The Hall–Kier alpha value is -2.43. The fourth-order valence-electron chi connectivity index (χ4n) is 3.68. The molecule has 0 bridgehead atoms. The van der Waals surface area contributed by atoms with Crippen molar-refractivity contribution in [2.75, 3.05) is 12.8 Å². The lowest BCUT2D eigenvalue weighted by Crippen LogP contribution is -2.24. The van der Waals surface area contributed by atoms with E-state index in [1.165, 1.54) is 24.7 Å². The van der Waals surface area contributed by atoms with Gasteiger partial charge >= 0.3 is 0 Å². The zero-order chi connectivity index (χ0) is 20.7. The summed E-state index contributed by atoms with van der Waals surface area (Å²) in [5.41, 5.74) is 3.96. The van der Waals surface area contributed by atoms with Crippen molar-refractivity contribution in [3.63, 3.8) is 0 Å². The minimum Gasteiger partial charge on any atom is -0.306 e. The van der Waals surface area contributed by atoms with Crippen LogP contribution in [0.3, 0.4) is 0 Å². The third kappa shape index (κ3) is 5.34. The van der Waals surface area contributed by atoms with Crippen molar-refractivity contribution in [1.82, 2.24) is 5.32 Å². The second kappa shape index (κ2) is 9.86. The van der Waals surface area contributed by atoms with Gasteiger partial charge in [0.1, 0.15) is 0 Å². The lowest BCUT2D eigenvalue weighted by atomic mass is 9.91. The molecule has 4 heteroatoms. The molecule has 0 saturated heterocycles. The van der Waals surface area contributed by atoms with Crippen LogP contribution < -0.4 is 5.32 Å². The standard InChI is InChI=1S/C25H29NO2S/c1-3-4-12-19-26-25(20-13-6-5-7-14-20)23-17-9-8-15-21(23)22-16-10-11-18-24(22)29(2,27)28/h5-11,13-18,25-26H,3-4,12,19H2,1-2H3. The van der Waals surface area contributed by atoms with Crippen LogP contribution in [0.4, 0.5) is 0 Å². The Kier molecular flexibility index (Phi) is 7.24. The second-order valence-corrected chi connectivity index (χ2v) is 9.34. The number of unbranched alkanes of at least 4 members (excludes halogenated alkanes) is 2. The van der Waals surface area contributed by atoms with E-state index >= 15 is 0 Å². The molecular weight excluding hydrogens is 378 g/mol. The van der Waals surface area contributed by atoms with Crippen molar-refractivity contribution in [2.45, 2.75) is 37.1 Å². The molecule has 29 heavy (non-hydrogen) atoms. The molecule has 3 aromatic carbocycles. The van der Waals surface area contributed by atoms with E-state index in [1.807, 2.05) is 48.5 Å². The van der Waals surface area contributed by atoms with E-state index in [0.717, 1.165) is 29.7 Å². The van der Waals surface area contributed by atoms with Gasteiger partial charge in [0, 0.05) is 11.8 Å². The number of benzene rings is 3. The number of hydrogen-bond donors (Lipinski definition) is 1. The summed E-state index contributed by atoms with van der Waals surface area (Å²) < 4.78 is 24.8. The van der Waals surface area contributed by atoms with E-state index in [1.54, 1.807) is 12.1 Å². The number of rotatable bonds is 9. The number of nitrogens with one attached hydrogen (secondary N) is 1. The number of sulfone groups is 1. The first-order valence-corrected chi connectivity index (χ1v) is 12.1. The summed E-state index contributed by atoms with van der Waals surface area (Å²) >= 11 is 0. The first kappa shape index (κ1) is 21.3. The average molecular weight is 408 g/mol. The molecule has 0 aromatic heterocycles. The van der Waals surface area contributed by atoms with Gasteiger partial charge in [-0.05, 0) is 35.7 Å². The van der Waals surface area contributed by atoms with Crippen molar-refractivity contribution in [3.05, 3.63) is 90.0 Å². The maximum Gasteiger partial charge on any atom is 0.176 e. The van der Waals surface area contributed by atoms with Crippen LogP contribution in [-0.2, 0) is 9.84 Å². The molecule has 0 heterocycles. The molecule has 0 saturated carbocycles. The van der Waals surface area contributed by atoms with Crippen LogP contribution in [-0.4, -0.2) is 21.2 Å². The smallest absolute Gasteiger partial charge is 0.176 e. The van der Waals surface area contributed by atoms with Gasteiger partial charge < -0.3 is 5.32 Å². The first-order chi connectivity index (χ1) is 14.0. The zero-order valence-corrected chi connectivity index (χ0v) is 18.0. The van der Waals surface area contributed by atoms with Gasteiger partial charge in [-0.15, -0.1) is 0 Å². The largest absolute Gasteiger partial charge is 0.306 e. The maximum absolute atomic E-state index is 12.4. The Morgan fingerprint density at radius 3 is 2.10 bits per heavy atom. The minimum atomic E-state index is -3.33. The molecule has 3 nitrogen and oxygen atoms in total. The molecule has 0 amide bonds. The Morgan fingerprint density at radius 2 is 1.41 bits per heavy atom. The molecule has 0 aliphatic heterocycles. The molecule has 0 aliphatic carbocycles. The third-order valence-electron chi connectivity index (χ3n) is 5.11. The van der Waals surface area contributed by atoms with Crippen molar-refractivity contribution in [3.8, 4) is 11.1 Å². The van der Waals surface area contributed by atoms with Crippen LogP contribution in [0.15, 0.2) is 83.8 Å². The van der Waals surface area contributed by atoms with Crippen LogP contribution in [0.5, 0.6) is 0 Å². The van der Waals surface area contributed by atoms with Gasteiger partial charge in [0.05, 0.1) is 10.9 Å². The normalized spacial score (nSPS) is 12.6. The summed E-state index contributed by atoms with van der Waals surface area (Å²) in [5, 5.41) is 3.71. The van der Waals surface area contributed by atoms with Crippen molar-refractivity contribution in [2.24, 2.45) is 0 Å². The Labute approximate surface area is 174 Å². The molecule has 0 spiro atoms. The number of hydrogen-bond acceptors (Lipinski definition) is 3. The van der Waals surface area contributed by atoms with E-state index in [0.29, 0.717) is 4.90 Å². The van der Waals surface area contributed by atoms with Gasteiger partial charge in [-0.3, -0.25) is 0 Å². The molecule has 3 aromatic rings. The van der Waals surface area contributed by atoms with Gasteiger partial charge in [0.15, 0.2) is 9.84 Å². The lowest BCUT2D eigenvalue weighted by molar-refractivity contribution is 0.566. The molecule has 3 rings (SSSR count). The second-order valence-electron chi connectivity index (χ2n) is 7.36. The van der Waals surface area contributed by atoms with Crippen LogP contribution in [0.2, 0.25) is 0 Å². The van der Waals surface area contributed by atoms with Gasteiger partial charge in [0.2, 0.25) is 0 Å². The van der Waals surface area contributed by atoms with E-state index in [9.17, 15) is 8.42 Å². The highest BCUT2D eigenvalue weighted by atomic mass is 32.2. The SMILES string of the molecule is CCCCCNC(c1ccccc1)c1ccccc1-c1ccccc1S(C)(=O)=O. The van der Waals surface area contributed by atoms with Crippen LogP contribution in [0.25, 0.3) is 11.1 Å². The molecule has 152 valence electrons. The van der Waals surface area contributed by atoms with Crippen molar-refractivity contribution in [1.29, 1.82) is 0 Å². The fraction of sp³-hybridized carbons (Fsp3) is 0.280. The predicted octanol–water partition coefficient (Wildman–Crippen LogP) is 5.63. The summed E-state index contributed by atoms with van der Waals surface area (Å²) in [6.45, 7) is 3.11. The Bertz CT molecular complexity index is 1030. The van der Waals surface area contributed by atoms with Gasteiger partial charge in [-0.2, -0.15) is 0 Å². The molecular formula is C25H29NO2S. The summed E-state index contributed by atoms with van der Waals surface area (Å²) in [5.74, 6) is 0. The highest BCUT2D eigenvalue weighted by Crippen LogP contribution is 2.35. The van der Waals surface area contributed by atoms with Gasteiger partial charge in [0.25, 0.3) is 0 Å². The summed E-state index contributed by atoms with van der Waals surface area (Å²) in [6.07, 6.45) is 4.75. The predicted molar refractivity (Wildman–Crippen MR) is 121 cm³/mol. The molecule has 0 fully saturated rings. The van der Waals surface area contributed by atoms with Crippen molar-refractivity contribution >= 4 is 9.84 Å².